The van der Waals surface area contributed by atoms with Gasteiger partial charge in [0.1, 0.15) is 12.4 Å². The van der Waals surface area contributed by atoms with Crippen molar-refractivity contribution in [3.8, 4) is 5.75 Å². The fourth-order valence-corrected chi connectivity index (χ4v) is 3.95. The van der Waals surface area contributed by atoms with Crippen molar-refractivity contribution in [3.05, 3.63) is 53.6 Å². The van der Waals surface area contributed by atoms with Crippen LogP contribution in [-0.2, 0) is 9.53 Å². The molecule has 2 aromatic rings. The van der Waals surface area contributed by atoms with E-state index in [0.717, 1.165) is 22.7 Å². The molecule has 2 amide bonds. The van der Waals surface area contributed by atoms with Crippen molar-refractivity contribution in [3.63, 3.8) is 0 Å². The van der Waals surface area contributed by atoms with E-state index in [-0.39, 0.29) is 17.9 Å². The van der Waals surface area contributed by atoms with Gasteiger partial charge in [-0.25, -0.2) is 4.79 Å². The van der Waals surface area contributed by atoms with Gasteiger partial charge in [0, 0.05) is 17.8 Å². The van der Waals surface area contributed by atoms with Crippen molar-refractivity contribution in [1.29, 1.82) is 0 Å². The van der Waals surface area contributed by atoms with E-state index in [2.05, 4.69) is 17.4 Å². The molecule has 0 radical (unpaired) electrons. The van der Waals surface area contributed by atoms with Gasteiger partial charge in [-0.05, 0) is 73.1 Å². The van der Waals surface area contributed by atoms with Crippen molar-refractivity contribution >= 4 is 23.4 Å². The summed E-state index contributed by atoms with van der Waals surface area (Å²) >= 11 is 0. The number of hydrogen-bond acceptors (Lipinski definition) is 4. The lowest BCUT2D eigenvalue weighted by atomic mass is 9.89. The summed E-state index contributed by atoms with van der Waals surface area (Å²) in [5, 5.41) is 2.99. The predicted molar refractivity (Wildman–Crippen MR) is 112 cm³/mol. The van der Waals surface area contributed by atoms with Crippen LogP contribution in [0.1, 0.15) is 36.3 Å². The van der Waals surface area contributed by atoms with Crippen LogP contribution in [0.3, 0.4) is 0 Å². The third kappa shape index (κ3) is 4.36. The third-order valence-corrected chi connectivity index (χ3v) is 5.67. The molecule has 29 heavy (non-hydrogen) atoms. The minimum Gasteiger partial charge on any atom is -0.496 e. The van der Waals surface area contributed by atoms with Crippen LogP contribution in [0, 0.1) is 12.8 Å². The Balaban J connectivity index is 1.41. The zero-order valence-corrected chi connectivity index (χ0v) is 16.8. The lowest BCUT2D eigenvalue weighted by molar-refractivity contribution is -0.116. The van der Waals surface area contributed by atoms with Crippen LogP contribution in [0.5, 0.6) is 5.75 Å². The molecule has 152 valence electrons. The molecule has 1 aliphatic heterocycles. The van der Waals surface area contributed by atoms with Crippen molar-refractivity contribution < 1.29 is 19.1 Å². The van der Waals surface area contributed by atoms with Crippen molar-refractivity contribution in [2.45, 2.75) is 32.1 Å². The van der Waals surface area contributed by atoms with Crippen molar-refractivity contribution in [1.82, 2.24) is 0 Å². The number of cyclic esters (lactones) is 1. The van der Waals surface area contributed by atoms with E-state index in [4.69, 9.17) is 9.47 Å². The number of nitrogens with one attached hydrogen (secondary N) is 1. The first-order valence-corrected chi connectivity index (χ1v) is 10.0. The molecule has 1 saturated heterocycles. The molecule has 6 heteroatoms. The van der Waals surface area contributed by atoms with Gasteiger partial charge in [-0.1, -0.05) is 12.1 Å². The Hall–Kier alpha value is -3.02. The predicted octanol–water partition coefficient (Wildman–Crippen LogP) is 4.48. The Kier molecular flexibility index (Phi) is 5.43. The van der Waals surface area contributed by atoms with E-state index in [1.165, 1.54) is 18.4 Å². The third-order valence-electron chi connectivity index (χ3n) is 5.67. The molecule has 0 bridgehead atoms. The van der Waals surface area contributed by atoms with Gasteiger partial charge in [0.15, 0.2) is 0 Å². The average Bonchev–Trinajstić information content (AvgIpc) is 3.47. The van der Waals surface area contributed by atoms with Gasteiger partial charge >= 0.3 is 6.09 Å². The molecule has 0 spiro atoms. The van der Waals surface area contributed by atoms with E-state index in [0.29, 0.717) is 25.5 Å². The second kappa shape index (κ2) is 8.15. The van der Waals surface area contributed by atoms with Gasteiger partial charge in [0.05, 0.1) is 13.7 Å². The molecule has 1 atom stereocenters. The van der Waals surface area contributed by atoms with Crippen molar-refractivity contribution in [2.75, 3.05) is 30.5 Å². The molecule has 1 unspecified atom stereocenters. The Labute approximate surface area is 170 Å². The number of rotatable bonds is 7. The zero-order chi connectivity index (χ0) is 20.4. The van der Waals surface area contributed by atoms with Gasteiger partial charge in [-0.3, -0.25) is 9.69 Å². The second-order valence-electron chi connectivity index (χ2n) is 7.74. The van der Waals surface area contributed by atoms with Gasteiger partial charge in [-0.2, -0.15) is 0 Å². The number of anilines is 2. The maximum absolute atomic E-state index is 12.7. The highest BCUT2D eigenvalue weighted by Crippen LogP contribution is 2.45. The molecule has 1 aliphatic carbocycles. The Morgan fingerprint density at radius 1 is 1.24 bits per heavy atom. The van der Waals surface area contributed by atoms with Crippen LogP contribution in [0.4, 0.5) is 16.2 Å². The number of benzene rings is 2. The normalized spacial score (nSPS) is 17.0. The van der Waals surface area contributed by atoms with Crippen molar-refractivity contribution in [2.24, 2.45) is 5.92 Å². The minimum absolute atomic E-state index is 0.00343. The van der Waals surface area contributed by atoms with Crippen LogP contribution >= 0.6 is 0 Å². The van der Waals surface area contributed by atoms with Gasteiger partial charge in [0.25, 0.3) is 0 Å². The number of aryl methyl sites for hydroxylation is 1. The van der Waals surface area contributed by atoms with Crippen LogP contribution in [0.25, 0.3) is 0 Å². The molecule has 0 aromatic heterocycles. The first-order valence-electron chi connectivity index (χ1n) is 10.0. The molecule has 2 aromatic carbocycles. The first-order chi connectivity index (χ1) is 14.0. The second-order valence-corrected chi connectivity index (χ2v) is 7.74. The molecule has 2 aliphatic rings. The number of nitrogens with zero attached hydrogens (tertiary/aromatic N) is 1. The summed E-state index contributed by atoms with van der Waals surface area (Å²) in [7, 11) is 1.67. The van der Waals surface area contributed by atoms with Gasteiger partial charge in [-0.15, -0.1) is 0 Å². The number of hydrogen-bond donors (Lipinski definition) is 1. The number of carbonyl (C=O) groups excluding carboxylic acids is 2. The zero-order valence-electron chi connectivity index (χ0n) is 16.8. The van der Waals surface area contributed by atoms with E-state index in [1.807, 2.05) is 37.3 Å². The fraction of sp³-hybridized carbons (Fsp3) is 0.391. The molecule has 1 N–H and O–H groups in total. The molecule has 2 fully saturated rings. The van der Waals surface area contributed by atoms with Gasteiger partial charge in [0.2, 0.25) is 5.91 Å². The summed E-state index contributed by atoms with van der Waals surface area (Å²) < 4.78 is 10.3. The largest absolute Gasteiger partial charge is 0.496 e. The Morgan fingerprint density at radius 3 is 2.59 bits per heavy atom. The van der Waals surface area contributed by atoms with Crippen LogP contribution in [0.15, 0.2) is 42.5 Å². The smallest absolute Gasteiger partial charge is 0.414 e. The quantitative estimate of drug-likeness (QED) is 0.752. The monoisotopic (exact) mass is 394 g/mol. The molecule has 4 rings (SSSR count). The summed E-state index contributed by atoms with van der Waals surface area (Å²) in [6, 6.07) is 13.5. The standard InChI is InChI=1S/C23H26N2O4/c1-15-13-17(5-10-21(15)28-2)20(16-3-4-16)14-22(26)24-18-6-8-19(9-7-18)25-11-12-29-23(25)27/h5-10,13,16,20H,3-4,11-12,14H2,1-2H3,(H,24,26). The topological polar surface area (TPSA) is 67.9 Å². The number of amides is 2. The summed E-state index contributed by atoms with van der Waals surface area (Å²) in [5.41, 5.74) is 3.79. The maximum atomic E-state index is 12.7. The lowest BCUT2D eigenvalue weighted by Crippen LogP contribution is -2.23. The maximum Gasteiger partial charge on any atom is 0.414 e. The highest BCUT2D eigenvalue weighted by Gasteiger charge is 2.34. The molecule has 6 nitrogen and oxygen atoms in total. The molecule has 1 saturated carbocycles. The first kappa shape index (κ1) is 19.3. The lowest BCUT2D eigenvalue weighted by Gasteiger charge is -2.18. The number of methoxy groups -OCH3 is 1. The van der Waals surface area contributed by atoms with Crippen LogP contribution in [-0.4, -0.2) is 32.3 Å². The van der Waals surface area contributed by atoms with E-state index in [9.17, 15) is 9.59 Å². The molecular formula is C23H26N2O4. The van der Waals surface area contributed by atoms with E-state index in [1.54, 1.807) is 12.0 Å². The number of carbonyl (C=O) groups is 2. The Bertz CT molecular complexity index is 906. The number of ether oxygens (including phenoxy) is 2. The summed E-state index contributed by atoms with van der Waals surface area (Å²) in [5.74, 6) is 1.66. The molecule has 1 heterocycles. The minimum atomic E-state index is -0.330. The van der Waals surface area contributed by atoms with Crippen LogP contribution < -0.4 is 15.0 Å². The van der Waals surface area contributed by atoms with Gasteiger partial charge < -0.3 is 14.8 Å². The van der Waals surface area contributed by atoms with E-state index >= 15 is 0 Å². The van der Waals surface area contributed by atoms with Crippen LogP contribution in [0.2, 0.25) is 0 Å². The fourth-order valence-electron chi connectivity index (χ4n) is 3.95. The SMILES string of the molecule is COc1ccc(C(CC(=O)Nc2ccc(N3CCOC3=O)cc2)C2CC2)cc1C. The van der Waals surface area contributed by atoms with E-state index < -0.39 is 0 Å². The highest BCUT2D eigenvalue weighted by molar-refractivity contribution is 5.93. The average molecular weight is 394 g/mol. The molecular weight excluding hydrogens is 368 g/mol. The summed E-state index contributed by atoms with van der Waals surface area (Å²) in [6.45, 7) is 2.99. The summed E-state index contributed by atoms with van der Waals surface area (Å²) in [6.07, 6.45) is 2.47. The highest BCUT2D eigenvalue weighted by atomic mass is 16.6. The Morgan fingerprint density at radius 2 is 2.00 bits per heavy atom. The summed E-state index contributed by atoms with van der Waals surface area (Å²) in [4.78, 5) is 25.9.